The Morgan fingerprint density at radius 1 is 1.45 bits per heavy atom. The monoisotopic (exact) mass is 304 g/mol. The van der Waals surface area contributed by atoms with Crippen molar-refractivity contribution in [2.75, 3.05) is 20.3 Å². The van der Waals surface area contributed by atoms with Crippen molar-refractivity contribution in [1.29, 1.82) is 0 Å². The van der Waals surface area contributed by atoms with E-state index in [1.54, 1.807) is 7.11 Å². The smallest absolute Gasteiger partial charge is 0.225 e. The van der Waals surface area contributed by atoms with Gasteiger partial charge in [0.05, 0.1) is 18.6 Å². The van der Waals surface area contributed by atoms with Gasteiger partial charge in [-0.3, -0.25) is 4.79 Å². The SMILES string of the molecule is COCC(C)(CCO)NC(=O)Cc1c[nH]c2cccc(C)c12. The van der Waals surface area contributed by atoms with E-state index in [0.717, 1.165) is 22.0 Å². The van der Waals surface area contributed by atoms with E-state index < -0.39 is 5.54 Å². The largest absolute Gasteiger partial charge is 0.396 e. The number of methoxy groups -OCH3 is 1. The lowest BCUT2D eigenvalue weighted by molar-refractivity contribution is -0.123. The summed E-state index contributed by atoms with van der Waals surface area (Å²) >= 11 is 0. The van der Waals surface area contributed by atoms with E-state index >= 15 is 0 Å². The average molecular weight is 304 g/mol. The normalized spacial score (nSPS) is 14.0. The number of amides is 1. The first-order valence-corrected chi connectivity index (χ1v) is 7.45. The van der Waals surface area contributed by atoms with Crippen LogP contribution in [0.2, 0.25) is 0 Å². The number of fused-ring (bicyclic) bond motifs is 1. The van der Waals surface area contributed by atoms with E-state index in [1.807, 2.05) is 38.2 Å². The summed E-state index contributed by atoms with van der Waals surface area (Å²) in [5.41, 5.74) is 2.62. The van der Waals surface area contributed by atoms with Crippen molar-refractivity contribution in [3.63, 3.8) is 0 Å². The van der Waals surface area contributed by atoms with Crippen molar-refractivity contribution in [3.05, 3.63) is 35.5 Å². The Labute approximate surface area is 130 Å². The summed E-state index contributed by atoms with van der Waals surface area (Å²) < 4.78 is 5.15. The van der Waals surface area contributed by atoms with Crippen LogP contribution in [0, 0.1) is 6.92 Å². The van der Waals surface area contributed by atoms with Gasteiger partial charge >= 0.3 is 0 Å². The minimum absolute atomic E-state index is 0.00628. The number of aromatic nitrogens is 1. The molecule has 0 aliphatic heterocycles. The molecule has 5 nitrogen and oxygen atoms in total. The molecule has 0 fully saturated rings. The zero-order valence-electron chi connectivity index (χ0n) is 13.4. The fraction of sp³-hybridized carbons (Fsp3) is 0.471. The van der Waals surface area contributed by atoms with E-state index in [4.69, 9.17) is 9.84 Å². The number of aromatic amines is 1. The molecule has 3 N–H and O–H groups in total. The van der Waals surface area contributed by atoms with Crippen LogP contribution in [-0.2, 0) is 16.0 Å². The van der Waals surface area contributed by atoms with Gasteiger partial charge in [0, 0.05) is 30.8 Å². The summed E-state index contributed by atoms with van der Waals surface area (Å²) in [4.78, 5) is 15.6. The molecule has 1 amide bonds. The van der Waals surface area contributed by atoms with Gasteiger partial charge in [0.1, 0.15) is 0 Å². The number of ether oxygens (including phenoxy) is 1. The molecule has 0 radical (unpaired) electrons. The van der Waals surface area contributed by atoms with Crippen LogP contribution in [0.3, 0.4) is 0 Å². The maximum atomic E-state index is 12.4. The number of aliphatic hydroxyl groups is 1. The average Bonchev–Trinajstić information content (AvgIpc) is 2.83. The molecule has 0 aliphatic rings. The number of hydrogen-bond acceptors (Lipinski definition) is 3. The lowest BCUT2D eigenvalue weighted by atomic mass is 9.98. The topological polar surface area (TPSA) is 74.3 Å². The fourth-order valence-electron chi connectivity index (χ4n) is 2.88. The van der Waals surface area contributed by atoms with E-state index in [0.29, 0.717) is 19.4 Å². The van der Waals surface area contributed by atoms with Crippen LogP contribution in [0.5, 0.6) is 0 Å². The molecule has 22 heavy (non-hydrogen) atoms. The van der Waals surface area contributed by atoms with Crippen molar-refractivity contribution >= 4 is 16.8 Å². The molecule has 0 saturated carbocycles. The number of H-pyrrole nitrogens is 1. The molecule has 1 unspecified atom stereocenters. The highest BCUT2D eigenvalue weighted by molar-refractivity contribution is 5.91. The third-order valence-electron chi connectivity index (χ3n) is 3.91. The van der Waals surface area contributed by atoms with Crippen LogP contribution in [0.1, 0.15) is 24.5 Å². The van der Waals surface area contributed by atoms with Gasteiger partial charge in [0.15, 0.2) is 0 Å². The predicted molar refractivity (Wildman–Crippen MR) is 86.9 cm³/mol. The third-order valence-corrected chi connectivity index (χ3v) is 3.91. The lowest BCUT2D eigenvalue weighted by Gasteiger charge is -2.29. The van der Waals surface area contributed by atoms with Crippen molar-refractivity contribution < 1.29 is 14.6 Å². The number of benzene rings is 1. The fourth-order valence-corrected chi connectivity index (χ4v) is 2.88. The zero-order valence-corrected chi connectivity index (χ0v) is 13.4. The van der Waals surface area contributed by atoms with Gasteiger partial charge in [0.2, 0.25) is 5.91 Å². The van der Waals surface area contributed by atoms with Crippen LogP contribution >= 0.6 is 0 Å². The van der Waals surface area contributed by atoms with Crippen LogP contribution < -0.4 is 5.32 Å². The Morgan fingerprint density at radius 2 is 2.23 bits per heavy atom. The Kier molecular flexibility index (Phi) is 5.21. The van der Waals surface area contributed by atoms with Gasteiger partial charge in [0.25, 0.3) is 0 Å². The summed E-state index contributed by atoms with van der Waals surface area (Å²) in [6.45, 7) is 4.29. The number of carbonyl (C=O) groups excluding carboxylic acids is 1. The summed E-state index contributed by atoms with van der Waals surface area (Å²) in [7, 11) is 1.59. The molecule has 1 aromatic heterocycles. The Bertz CT molecular complexity index is 642. The molecule has 0 spiro atoms. The molecule has 5 heteroatoms. The summed E-state index contributed by atoms with van der Waals surface area (Å²) in [6.07, 6.45) is 2.64. The number of aryl methyl sites for hydroxylation is 1. The van der Waals surface area contributed by atoms with Crippen LogP contribution in [0.4, 0.5) is 0 Å². The van der Waals surface area contributed by atoms with E-state index in [-0.39, 0.29) is 12.5 Å². The molecule has 1 aromatic carbocycles. The van der Waals surface area contributed by atoms with Crippen molar-refractivity contribution in [2.45, 2.75) is 32.2 Å². The summed E-state index contributed by atoms with van der Waals surface area (Å²) in [5.74, 6) is -0.0721. The highest BCUT2D eigenvalue weighted by Crippen LogP contribution is 2.22. The van der Waals surface area contributed by atoms with Gasteiger partial charge in [-0.25, -0.2) is 0 Å². The molecular weight excluding hydrogens is 280 g/mol. The van der Waals surface area contributed by atoms with Gasteiger partial charge < -0.3 is 20.1 Å². The second kappa shape index (κ2) is 6.94. The second-order valence-corrected chi connectivity index (χ2v) is 6.00. The summed E-state index contributed by atoms with van der Waals surface area (Å²) in [6, 6.07) is 6.04. The Morgan fingerprint density at radius 3 is 2.91 bits per heavy atom. The maximum absolute atomic E-state index is 12.4. The molecule has 0 aliphatic carbocycles. The van der Waals surface area contributed by atoms with Gasteiger partial charge in [-0.05, 0) is 37.5 Å². The number of nitrogens with one attached hydrogen (secondary N) is 2. The van der Waals surface area contributed by atoms with E-state index in [2.05, 4.69) is 10.3 Å². The van der Waals surface area contributed by atoms with E-state index in [9.17, 15) is 4.79 Å². The van der Waals surface area contributed by atoms with Gasteiger partial charge in [-0.2, -0.15) is 0 Å². The van der Waals surface area contributed by atoms with Crippen molar-refractivity contribution in [1.82, 2.24) is 10.3 Å². The maximum Gasteiger partial charge on any atom is 0.225 e. The number of hydrogen-bond donors (Lipinski definition) is 3. The second-order valence-electron chi connectivity index (χ2n) is 6.00. The van der Waals surface area contributed by atoms with Crippen LogP contribution in [0.25, 0.3) is 10.9 Å². The van der Waals surface area contributed by atoms with Crippen LogP contribution in [0.15, 0.2) is 24.4 Å². The molecular formula is C17H24N2O3. The molecule has 2 aromatic rings. The molecule has 120 valence electrons. The number of aliphatic hydroxyl groups excluding tert-OH is 1. The highest BCUT2D eigenvalue weighted by Gasteiger charge is 2.26. The number of rotatable bonds is 7. The van der Waals surface area contributed by atoms with Gasteiger partial charge in [-0.15, -0.1) is 0 Å². The Hall–Kier alpha value is -1.85. The van der Waals surface area contributed by atoms with Crippen molar-refractivity contribution in [3.8, 4) is 0 Å². The standard InChI is InChI=1S/C17H24N2O3/c1-12-5-4-6-14-16(12)13(10-18-14)9-15(21)19-17(2,7-8-20)11-22-3/h4-6,10,18,20H,7-9,11H2,1-3H3,(H,19,21). The van der Waals surface area contributed by atoms with Crippen molar-refractivity contribution in [2.24, 2.45) is 0 Å². The first-order valence-electron chi connectivity index (χ1n) is 7.45. The van der Waals surface area contributed by atoms with E-state index in [1.165, 1.54) is 0 Å². The molecule has 1 heterocycles. The molecule has 1 atom stereocenters. The van der Waals surface area contributed by atoms with Gasteiger partial charge in [-0.1, -0.05) is 12.1 Å². The first kappa shape index (κ1) is 16.5. The molecule has 0 bridgehead atoms. The predicted octanol–water partition coefficient (Wildman–Crippen LogP) is 1.92. The lowest BCUT2D eigenvalue weighted by Crippen LogP contribution is -2.50. The minimum atomic E-state index is -0.554. The third kappa shape index (κ3) is 3.67. The van der Waals surface area contributed by atoms with Crippen LogP contribution in [-0.4, -0.2) is 41.9 Å². The number of carbonyl (C=O) groups is 1. The first-order chi connectivity index (χ1) is 10.5. The highest BCUT2D eigenvalue weighted by atomic mass is 16.5. The quantitative estimate of drug-likeness (QED) is 0.731. The summed E-state index contributed by atoms with van der Waals surface area (Å²) in [5, 5.41) is 13.2. The molecule has 0 saturated heterocycles. The Balaban J connectivity index is 2.13. The minimum Gasteiger partial charge on any atom is -0.396 e. The molecule has 2 rings (SSSR count). The zero-order chi connectivity index (χ0) is 16.2.